The lowest BCUT2D eigenvalue weighted by molar-refractivity contribution is -0.116. The molecule has 1 heterocycles. The number of ether oxygens (including phenoxy) is 1. The minimum atomic E-state index is -0.237. The first kappa shape index (κ1) is 17.8. The van der Waals surface area contributed by atoms with E-state index in [1.165, 1.54) is 6.08 Å². The predicted octanol–water partition coefficient (Wildman–Crippen LogP) is 4.33. The molecule has 26 heavy (non-hydrogen) atoms. The number of carbonyl (C=O) groups excluding carboxylic acids is 1. The summed E-state index contributed by atoms with van der Waals surface area (Å²) in [6, 6.07) is 16.6. The second kappa shape index (κ2) is 8.36. The standard InChI is InChI=1S/C20H17ClN2O3/c1-25-17-9-6-15(7-10-17)19-12-16(23-26-19)13-22-20(24)11-8-14-4-2-3-5-18(14)21/h2-12H,13H2,1H3,(H,22,24)/b11-8+. The zero-order valence-electron chi connectivity index (χ0n) is 14.1. The molecule has 0 aliphatic heterocycles. The van der Waals surface area contributed by atoms with Gasteiger partial charge in [0.05, 0.1) is 13.7 Å². The smallest absolute Gasteiger partial charge is 0.244 e. The van der Waals surface area contributed by atoms with Gasteiger partial charge in [-0.3, -0.25) is 4.79 Å². The number of methoxy groups -OCH3 is 1. The largest absolute Gasteiger partial charge is 0.497 e. The molecule has 0 unspecified atom stereocenters. The molecule has 3 aromatic rings. The van der Waals surface area contributed by atoms with E-state index in [1.54, 1.807) is 25.3 Å². The van der Waals surface area contributed by atoms with Crippen LogP contribution in [0.4, 0.5) is 0 Å². The lowest BCUT2D eigenvalue weighted by Crippen LogP contribution is -2.20. The third-order valence-corrected chi connectivity index (χ3v) is 4.04. The van der Waals surface area contributed by atoms with Crippen LogP contribution in [0.2, 0.25) is 5.02 Å². The second-order valence-electron chi connectivity index (χ2n) is 5.48. The summed E-state index contributed by atoms with van der Waals surface area (Å²) in [7, 11) is 1.62. The predicted molar refractivity (Wildman–Crippen MR) is 101 cm³/mol. The van der Waals surface area contributed by atoms with E-state index in [0.29, 0.717) is 16.5 Å². The van der Waals surface area contributed by atoms with Crippen molar-refractivity contribution in [2.24, 2.45) is 0 Å². The first-order chi connectivity index (χ1) is 12.7. The Balaban J connectivity index is 1.57. The van der Waals surface area contributed by atoms with Crippen LogP contribution in [0.5, 0.6) is 5.75 Å². The highest BCUT2D eigenvalue weighted by Gasteiger charge is 2.08. The van der Waals surface area contributed by atoms with Crippen molar-refractivity contribution in [3.8, 4) is 17.1 Å². The zero-order valence-corrected chi connectivity index (χ0v) is 14.9. The highest BCUT2D eigenvalue weighted by molar-refractivity contribution is 6.32. The van der Waals surface area contributed by atoms with E-state index in [2.05, 4.69) is 10.5 Å². The molecule has 0 saturated heterocycles. The number of hydrogen-bond donors (Lipinski definition) is 1. The molecule has 0 fully saturated rings. The third-order valence-electron chi connectivity index (χ3n) is 3.70. The van der Waals surface area contributed by atoms with E-state index in [4.69, 9.17) is 20.9 Å². The molecule has 1 aromatic heterocycles. The van der Waals surface area contributed by atoms with Crippen LogP contribution in [-0.4, -0.2) is 18.2 Å². The van der Waals surface area contributed by atoms with Crippen molar-refractivity contribution in [1.29, 1.82) is 0 Å². The van der Waals surface area contributed by atoms with Gasteiger partial charge in [0.2, 0.25) is 5.91 Å². The average molecular weight is 369 g/mol. The molecule has 3 rings (SSSR count). The van der Waals surface area contributed by atoms with Gasteiger partial charge in [-0.2, -0.15) is 0 Å². The maximum atomic E-state index is 11.9. The number of hydrogen-bond acceptors (Lipinski definition) is 4. The zero-order chi connectivity index (χ0) is 18.4. The van der Waals surface area contributed by atoms with E-state index < -0.39 is 0 Å². The van der Waals surface area contributed by atoms with Gasteiger partial charge in [0.15, 0.2) is 5.76 Å². The minimum absolute atomic E-state index is 0.237. The van der Waals surface area contributed by atoms with E-state index in [-0.39, 0.29) is 12.5 Å². The summed E-state index contributed by atoms with van der Waals surface area (Å²) >= 11 is 6.05. The third kappa shape index (κ3) is 4.52. The lowest BCUT2D eigenvalue weighted by Gasteiger charge is -1.99. The Hall–Kier alpha value is -3.05. The summed E-state index contributed by atoms with van der Waals surface area (Å²) in [5.74, 6) is 1.16. The van der Waals surface area contributed by atoms with Crippen molar-refractivity contribution in [3.05, 3.63) is 77.0 Å². The number of rotatable bonds is 6. The Kier molecular flexibility index (Phi) is 5.71. The SMILES string of the molecule is COc1ccc(-c2cc(CNC(=O)/C=C/c3ccccc3Cl)no2)cc1. The topological polar surface area (TPSA) is 64.4 Å². The fraction of sp³-hybridized carbons (Fsp3) is 0.100. The van der Waals surface area contributed by atoms with Gasteiger partial charge >= 0.3 is 0 Å². The van der Waals surface area contributed by atoms with Crippen molar-refractivity contribution in [2.75, 3.05) is 7.11 Å². The Morgan fingerprint density at radius 1 is 1.23 bits per heavy atom. The summed E-state index contributed by atoms with van der Waals surface area (Å²) in [6.07, 6.45) is 3.11. The number of carbonyl (C=O) groups is 1. The quantitative estimate of drug-likeness (QED) is 0.657. The van der Waals surface area contributed by atoms with Crippen molar-refractivity contribution in [1.82, 2.24) is 10.5 Å². The molecule has 6 heteroatoms. The van der Waals surface area contributed by atoms with E-state index >= 15 is 0 Å². The fourth-order valence-corrected chi connectivity index (χ4v) is 2.50. The molecule has 1 N–H and O–H groups in total. The summed E-state index contributed by atoms with van der Waals surface area (Å²) in [5, 5.41) is 7.33. The Bertz CT molecular complexity index is 917. The molecule has 132 valence electrons. The first-order valence-electron chi connectivity index (χ1n) is 7.96. The highest BCUT2D eigenvalue weighted by Crippen LogP contribution is 2.23. The van der Waals surface area contributed by atoms with Gasteiger partial charge in [0.25, 0.3) is 0 Å². The van der Waals surface area contributed by atoms with Gasteiger partial charge < -0.3 is 14.6 Å². The highest BCUT2D eigenvalue weighted by atomic mass is 35.5. The number of halogens is 1. The molecule has 5 nitrogen and oxygen atoms in total. The molecule has 1 amide bonds. The number of nitrogens with one attached hydrogen (secondary N) is 1. The normalized spacial score (nSPS) is 10.8. The van der Waals surface area contributed by atoms with Crippen molar-refractivity contribution < 1.29 is 14.1 Å². The van der Waals surface area contributed by atoms with Gasteiger partial charge in [0.1, 0.15) is 11.4 Å². The van der Waals surface area contributed by atoms with E-state index in [0.717, 1.165) is 16.9 Å². The van der Waals surface area contributed by atoms with Gasteiger partial charge in [-0.15, -0.1) is 0 Å². The maximum absolute atomic E-state index is 11.9. The maximum Gasteiger partial charge on any atom is 0.244 e. The van der Waals surface area contributed by atoms with Crippen LogP contribution in [0.25, 0.3) is 17.4 Å². The molecule has 0 bridgehead atoms. The number of aromatic nitrogens is 1. The second-order valence-corrected chi connectivity index (χ2v) is 5.89. The lowest BCUT2D eigenvalue weighted by atomic mass is 10.1. The van der Waals surface area contributed by atoms with Crippen LogP contribution in [-0.2, 0) is 11.3 Å². The van der Waals surface area contributed by atoms with Crippen LogP contribution in [0.1, 0.15) is 11.3 Å². The Labute approximate surface area is 156 Å². The molecule has 0 spiro atoms. The van der Waals surface area contributed by atoms with Crippen LogP contribution in [0.15, 0.2) is 65.2 Å². The Morgan fingerprint density at radius 3 is 2.73 bits per heavy atom. The summed E-state index contributed by atoms with van der Waals surface area (Å²) in [5.41, 5.74) is 2.30. The van der Waals surface area contributed by atoms with Crippen molar-refractivity contribution in [2.45, 2.75) is 6.54 Å². The number of benzene rings is 2. The molecule has 0 atom stereocenters. The molecule has 0 aliphatic rings. The number of nitrogens with zero attached hydrogens (tertiary/aromatic N) is 1. The minimum Gasteiger partial charge on any atom is -0.497 e. The van der Waals surface area contributed by atoms with E-state index in [1.807, 2.05) is 42.5 Å². The van der Waals surface area contributed by atoms with Crippen molar-refractivity contribution >= 4 is 23.6 Å². The number of amides is 1. The molecule has 0 saturated carbocycles. The molecular formula is C20H17ClN2O3. The van der Waals surface area contributed by atoms with Gasteiger partial charge in [-0.05, 0) is 42.0 Å². The van der Waals surface area contributed by atoms with Gasteiger partial charge in [-0.25, -0.2) is 0 Å². The summed E-state index contributed by atoms with van der Waals surface area (Å²) in [6.45, 7) is 0.269. The fourth-order valence-electron chi connectivity index (χ4n) is 2.30. The van der Waals surface area contributed by atoms with Crippen LogP contribution < -0.4 is 10.1 Å². The van der Waals surface area contributed by atoms with Crippen molar-refractivity contribution in [3.63, 3.8) is 0 Å². The molecule has 2 aromatic carbocycles. The van der Waals surface area contributed by atoms with Crippen LogP contribution in [0, 0.1) is 0 Å². The Morgan fingerprint density at radius 2 is 2.00 bits per heavy atom. The van der Waals surface area contributed by atoms with Crippen LogP contribution >= 0.6 is 11.6 Å². The first-order valence-corrected chi connectivity index (χ1v) is 8.34. The monoisotopic (exact) mass is 368 g/mol. The summed E-state index contributed by atoms with van der Waals surface area (Å²) < 4.78 is 10.5. The summed E-state index contributed by atoms with van der Waals surface area (Å²) in [4.78, 5) is 11.9. The van der Waals surface area contributed by atoms with Crippen LogP contribution in [0.3, 0.4) is 0 Å². The van der Waals surface area contributed by atoms with E-state index in [9.17, 15) is 4.79 Å². The average Bonchev–Trinajstić information content (AvgIpc) is 3.15. The van der Waals surface area contributed by atoms with Gasteiger partial charge in [0, 0.05) is 22.7 Å². The molecular weight excluding hydrogens is 352 g/mol. The molecule has 0 radical (unpaired) electrons. The molecule has 0 aliphatic carbocycles. The van der Waals surface area contributed by atoms with Gasteiger partial charge in [-0.1, -0.05) is 35.0 Å².